The highest BCUT2D eigenvalue weighted by atomic mass is 32.1. The van der Waals surface area contributed by atoms with Crippen LogP contribution < -0.4 is 11.1 Å². The third-order valence-corrected chi connectivity index (χ3v) is 4.41. The van der Waals surface area contributed by atoms with Crippen molar-refractivity contribution in [2.45, 2.75) is 0 Å². The number of fused-ring (bicyclic) bond motifs is 1. The Kier molecular flexibility index (Phi) is 3.24. The maximum absolute atomic E-state index is 9.84. The third kappa shape index (κ3) is 2.48. The Morgan fingerprint density at radius 3 is 2.54 bits per heavy atom. The van der Waals surface area contributed by atoms with E-state index in [0.717, 1.165) is 10.2 Å². The lowest BCUT2D eigenvalue weighted by molar-refractivity contribution is 0.402. The Morgan fingerprint density at radius 1 is 1.00 bits per heavy atom. The van der Waals surface area contributed by atoms with E-state index >= 15 is 0 Å². The number of aromatic hydroxyl groups is 2. The Bertz CT molecular complexity index is 1020. The van der Waals surface area contributed by atoms with Gasteiger partial charge < -0.3 is 21.3 Å². The third-order valence-electron chi connectivity index (χ3n) is 3.48. The van der Waals surface area contributed by atoms with E-state index in [1.54, 1.807) is 12.1 Å². The fourth-order valence-electron chi connectivity index (χ4n) is 2.42. The maximum Gasteiger partial charge on any atom is 0.198 e. The van der Waals surface area contributed by atoms with Crippen LogP contribution >= 0.6 is 11.3 Å². The summed E-state index contributed by atoms with van der Waals surface area (Å²) < 4.78 is 2.26. The number of hydrogen-bond acceptors (Lipinski definition) is 7. The Hall–Kier alpha value is -3.26. The van der Waals surface area contributed by atoms with Gasteiger partial charge in [-0.05, 0) is 30.3 Å². The molecule has 0 bridgehead atoms. The lowest BCUT2D eigenvalue weighted by atomic mass is 10.3. The molecule has 4 rings (SSSR count). The Morgan fingerprint density at radius 2 is 1.79 bits per heavy atom. The summed E-state index contributed by atoms with van der Waals surface area (Å²) in [5.41, 5.74) is 7.13. The van der Waals surface area contributed by atoms with Gasteiger partial charge >= 0.3 is 0 Å². The number of pyridine rings is 1. The van der Waals surface area contributed by atoms with Gasteiger partial charge in [0.25, 0.3) is 0 Å². The van der Waals surface area contributed by atoms with E-state index in [1.807, 2.05) is 24.3 Å². The Balaban J connectivity index is 1.71. The van der Waals surface area contributed by atoms with Gasteiger partial charge in [-0.3, -0.25) is 4.57 Å². The molecule has 0 aliphatic rings. The second-order valence-corrected chi connectivity index (χ2v) is 6.16. The van der Waals surface area contributed by atoms with Gasteiger partial charge in [0, 0.05) is 12.1 Å². The molecule has 0 aliphatic carbocycles. The zero-order valence-electron chi connectivity index (χ0n) is 12.3. The summed E-state index contributed by atoms with van der Waals surface area (Å²) in [5, 5.41) is 23.5. The molecule has 0 saturated heterocycles. The van der Waals surface area contributed by atoms with E-state index in [4.69, 9.17) is 5.73 Å². The van der Waals surface area contributed by atoms with Crippen LogP contribution in [0.25, 0.3) is 15.9 Å². The molecule has 4 aromatic rings. The van der Waals surface area contributed by atoms with Gasteiger partial charge in [-0.1, -0.05) is 17.4 Å². The van der Waals surface area contributed by atoms with Crippen LogP contribution in [0.2, 0.25) is 0 Å². The number of hydrogen-bond donors (Lipinski definition) is 4. The fourth-order valence-corrected chi connectivity index (χ4v) is 3.32. The molecule has 5 N–H and O–H groups in total. The van der Waals surface area contributed by atoms with E-state index in [9.17, 15) is 10.2 Å². The fraction of sp³-hybridized carbons (Fsp3) is 0. The van der Waals surface area contributed by atoms with Crippen molar-refractivity contribution in [1.82, 2.24) is 14.5 Å². The van der Waals surface area contributed by atoms with Gasteiger partial charge in [-0.15, -0.1) is 0 Å². The van der Waals surface area contributed by atoms with Crippen LogP contribution in [0.15, 0.2) is 48.5 Å². The maximum atomic E-state index is 9.84. The molecule has 0 unspecified atom stereocenters. The van der Waals surface area contributed by atoms with Crippen molar-refractivity contribution in [2.75, 3.05) is 11.1 Å². The number of aromatic nitrogens is 3. The van der Waals surface area contributed by atoms with Crippen LogP contribution in [-0.2, 0) is 0 Å². The number of nitrogens with zero attached hydrogens (tertiary/aromatic N) is 3. The van der Waals surface area contributed by atoms with E-state index in [0.29, 0.717) is 22.5 Å². The lowest BCUT2D eigenvalue weighted by Gasteiger charge is -2.06. The molecule has 0 aliphatic heterocycles. The van der Waals surface area contributed by atoms with Crippen molar-refractivity contribution in [1.29, 1.82) is 0 Å². The zero-order valence-corrected chi connectivity index (χ0v) is 13.2. The van der Waals surface area contributed by atoms with E-state index in [2.05, 4.69) is 15.3 Å². The van der Waals surface area contributed by atoms with Crippen LogP contribution in [0.3, 0.4) is 0 Å². The highest BCUT2D eigenvalue weighted by molar-refractivity contribution is 7.22. The quantitative estimate of drug-likeness (QED) is 0.456. The lowest BCUT2D eigenvalue weighted by Crippen LogP contribution is -1.95. The van der Waals surface area contributed by atoms with Crippen molar-refractivity contribution < 1.29 is 10.2 Å². The highest BCUT2D eigenvalue weighted by Crippen LogP contribution is 2.32. The first-order valence-electron chi connectivity index (χ1n) is 7.10. The SMILES string of the molecule is Nc1cccc(Nc2nc3ccc(-n4c(O)ccc4O)cc3s2)n1. The first-order valence-corrected chi connectivity index (χ1v) is 7.92. The smallest absolute Gasteiger partial charge is 0.198 e. The van der Waals surface area contributed by atoms with Crippen LogP contribution in [0.4, 0.5) is 16.8 Å². The minimum atomic E-state index is -0.0290. The van der Waals surface area contributed by atoms with Gasteiger partial charge in [0.15, 0.2) is 16.9 Å². The molecule has 1 aromatic carbocycles. The molecule has 3 aromatic heterocycles. The number of benzene rings is 1. The number of thiazole rings is 1. The molecule has 0 saturated carbocycles. The van der Waals surface area contributed by atoms with Gasteiger partial charge in [0.1, 0.15) is 11.6 Å². The van der Waals surface area contributed by atoms with Crippen LogP contribution in [-0.4, -0.2) is 24.7 Å². The first-order chi connectivity index (χ1) is 11.6. The van der Waals surface area contributed by atoms with Gasteiger partial charge in [0.2, 0.25) is 0 Å². The van der Waals surface area contributed by atoms with Crippen LogP contribution in [0.5, 0.6) is 11.8 Å². The molecule has 120 valence electrons. The molecule has 0 amide bonds. The second kappa shape index (κ2) is 5.43. The molecular formula is C16H13N5O2S. The summed E-state index contributed by atoms with van der Waals surface area (Å²) in [4.78, 5) is 8.68. The van der Waals surface area contributed by atoms with Crippen molar-refractivity contribution >= 4 is 38.3 Å². The summed E-state index contributed by atoms with van der Waals surface area (Å²) in [6, 6.07) is 13.7. The summed E-state index contributed by atoms with van der Waals surface area (Å²) in [7, 11) is 0. The number of nitrogens with one attached hydrogen (secondary N) is 1. The van der Waals surface area contributed by atoms with Crippen molar-refractivity contribution in [3.05, 3.63) is 48.5 Å². The van der Waals surface area contributed by atoms with Crippen molar-refractivity contribution in [3.8, 4) is 17.4 Å². The average Bonchev–Trinajstić information content (AvgIpc) is 3.09. The molecule has 0 atom stereocenters. The predicted octanol–water partition coefficient (Wildman–Crippen LogP) is 3.22. The number of anilines is 3. The normalized spacial score (nSPS) is 11.0. The monoisotopic (exact) mass is 339 g/mol. The zero-order chi connectivity index (χ0) is 16.7. The number of rotatable bonds is 3. The molecule has 0 spiro atoms. The highest BCUT2D eigenvalue weighted by Gasteiger charge is 2.11. The van der Waals surface area contributed by atoms with Crippen LogP contribution in [0, 0.1) is 0 Å². The number of nitrogens with two attached hydrogens (primary N) is 1. The molecule has 3 heterocycles. The molecule has 24 heavy (non-hydrogen) atoms. The molecule has 8 heteroatoms. The molecular weight excluding hydrogens is 326 g/mol. The van der Waals surface area contributed by atoms with Crippen molar-refractivity contribution in [2.24, 2.45) is 0 Å². The minimum Gasteiger partial charge on any atom is -0.494 e. The van der Waals surface area contributed by atoms with E-state index < -0.39 is 0 Å². The predicted molar refractivity (Wildman–Crippen MR) is 94.2 cm³/mol. The second-order valence-electron chi connectivity index (χ2n) is 5.13. The van der Waals surface area contributed by atoms with Crippen molar-refractivity contribution in [3.63, 3.8) is 0 Å². The van der Waals surface area contributed by atoms with Gasteiger partial charge in [-0.2, -0.15) is 0 Å². The molecule has 0 radical (unpaired) electrons. The standard InChI is InChI=1S/C16H13N5O2S/c17-12-2-1-3-13(19-12)20-16-18-10-5-4-9(8-11(10)24-16)21-14(22)6-7-15(21)23/h1-8,22-23H,(H3,17,18,19,20). The summed E-state index contributed by atoms with van der Waals surface area (Å²) in [6.45, 7) is 0. The molecule has 0 fully saturated rings. The topological polar surface area (TPSA) is 109 Å². The first kappa shape index (κ1) is 14.3. The largest absolute Gasteiger partial charge is 0.494 e. The minimum absolute atomic E-state index is 0.0290. The average molecular weight is 339 g/mol. The summed E-state index contributed by atoms with van der Waals surface area (Å²) >= 11 is 1.44. The van der Waals surface area contributed by atoms with Gasteiger partial charge in [0.05, 0.1) is 15.9 Å². The Labute approximate surface area is 140 Å². The summed E-state index contributed by atoms with van der Waals surface area (Å²) in [5.74, 6) is 0.995. The van der Waals surface area contributed by atoms with E-state index in [-0.39, 0.29) is 11.8 Å². The van der Waals surface area contributed by atoms with Crippen LogP contribution in [0.1, 0.15) is 0 Å². The number of nitrogen functional groups attached to an aromatic ring is 1. The molecule has 7 nitrogen and oxygen atoms in total. The van der Waals surface area contributed by atoms with E-state index in [1.165, 1.54) is 28.0 Å². The van der Waals surface area contributed by atoms with Gasteiger partial charge in [-0.25, -0.2) is 9.97 Å². The summed E-state index contributed by atoms with van der Waals surface area (Å²) in [6.07, 6.45) is 0.